The van der Waals surface area contributed by atoms with Crippen molar-refractivity contribution in [2.75, 3.05) is 7.05 Å². The highest BCUT2D eigenvalue weighted by Gasteiger charge is 2.08. The summed E-state index contributed by atoms with van der Waals surface area (Å²) in [5, 5.41) is 2.49. The zero-order valence-corrected chi connectivity index (χ0v) is 11.0. The predicted molar refractivity (Wildman–Crippen MR) is 74.5 cm³/mol. The van der Waals surface area contributed by atoms with E-state index >= 15 is 0 Å². The number of aromatic nitrogens is 2. The highest BCUT2D eigenvalue weighted by atomic mass is 16.5. The van der Waals surface area contributed by atoms with Crippen LogP contribution in [0.1, 0.15) is 10.5 Å². The summed E-state index contributed by atoms with van der Waals surface area (Å²) in [5.74, 6) is 0.126. The summed E-state index contributed by atoms with van der Waals surface area (Å²) in [6.07, 6.45) is 1.48. The number of carbonyl (C=O) groups is 1. The number of hydrogen-bond donors (Lipinski definition) is 2. The first-order valence-electron chi connectivity index (χ1n) is 6.14. The number of H-pyrrole nitrogens is 1. The van der Waals surface area contributed by atoms with Crippen LogP contribution in [-0.4, -0.2) is 22.9 Å². The fourth-order valence-corrected chi connectivity index (χ4v) is 1.85. The second-order valence-electron chi connectivity index (χ2n) is 4.23. The van der Waals surface area contributed by atoms with E-state index < -0.39 is 5.76 Å². The number of rotatable bonds is 3. The summed E-state index contributed by atoms with van der Waals surface area (Å²) in [6, 6.07) is 8.11. The minimum Gasteiger partial charge on any atom is -0.457 e. The Balaban J connectivity index is 1.90. The number of oxazole rings is 1. The SMILES string of the molecule is CNC(=O)c1cc(Oc2ccc3[nH]c(=O)oc3c2)ccn1. The van der Waals surface area contributed by atoms with E-state index in [4.69, 9.17) is 9.15 Å². The van der Waals surface area contributed by atoms with Crippen LogP contribution in [-0.2, 0) is 0 Å². The molecule has 0 saturated carbocycles. The van der Waals surface area contributed by atoms with Gasteiger partial charge >= 0.3 is 5.76 Å². The minimum absolute atomic E-state index is 0.254. The van der Waals surface area contributed by atoms with Gasteiger partial charge in [-0.1, -0.05) is 0 Å². The summed E-state index contributed by atoms with van der Waals surface area (Å²) in [7, 11) is 1.53. The largest absolute Gasteiger partial charge is 0.457 e. The minimum atomic E-state index is -0.520. The maximum Gasteiger partial charge on any atom is 0.417 e. The van der Waals surface area contributed by atoms with Crippen molar-refractivity contribution in [1.29, 1.82) is 0 Å². The smallest absolute Gasteiger partial charge is 0.417 e. The van der Waals surface area contributed by atoms with Gasteiger partial charge in [0.25, 0.3) is 5.91 Å². The Morgan fingerprint density at radius 3 is 2.90 bits per heavy atom. The number of pyridine rings is 1. The van der Waals surface area contributed by atoms with Crippen molar-refractivity contribution in [3.63, 3.8) is 0 Å². The Kier molecular flexibility index (Phi) is 3.15. The molecule has 1 aromatic carbocycles. The first kappa shape index (κ1) is 12.9. The molecule has 0 saturated heterocycles. The molecule has 0 atom stereocenters. The van der Waals surface area contributed by atoms with Crippen LogP contribution in [0.25, 0.3) is 11.1 Å². The van der Waals surface area contributed by atoms with Gasteiger partial charge in [-0.2, -0.15) is 0 Å². The highest BCUT2D eigenvalue weighted by molar-refractivity contribution is 5.92. The standard InChI is InChI=1S/C14H11N3O4/c1-15-13(18)11-6-9(4-5-16-11)20-8-2-3-10-12(7-8)21-14(19)17-10/h2-7H,1H3,(H,15,18)(H,17,19). The molecule has 3 aromatic rings. The Labute approximate surface area is 118 Å². The molecule has 0 aliphatic carbocycles. The molecule has 3 rings (SSSR count). The van der Waals surface area contributed by atoms with Gasteiger partial charge in [0.1, 0.15) is 17.2 Å². The number of ether oxygens (including phenoxy) is 1. The average molecular weight is 285 g/mol. The molecule has 0 radical (unpaired) electrons. The van der Waals surface area contributed by atoms with Gasteiger partial charge in [-0.05, 0) is 18.2 Å². The van der Waals surface area contributed by atoms with E-state index in [9.17, 15) is 9.59 Å². The van der Waals surface area contributed by atoms with Crippen molar-refractivity contribution in [2.45, 2.75) is 0 Å². The number of nitrogens with one attached hydrogen (secondary N) is 2. The van der Waals surface area contributed by atoms with Gasteiger partial charge in [-0.15, -0.1) is 0 Å². The fourth-order valence-electron chi connectivity index (χ4n) is 1.85. The van der Waals surface area contributed by atoms with E-state index in [0.29, 0.717) is 22.6 Å². The molecule has 0 fully saturated rings. The van der Waals surface area contributed by atoms with Gasteiger partial charge in [0.2, 0.25) is 0 Å². The maximum atomic E-state index is 11.5. The molecule has 0 unspecified atom stereocenters. The van der Waals surface area contributed by atoms with E-state index in [2.05, 4.69) is 15.3 Å². The van der Waals surface area contributed by atoms with Crippen LogP contribution in [0.4, 0.5) is 0 Å². The Morgan fingerprint density at radius 1 is 1.29 bits per heavy atom. The summed E-state index contributed by atoms with van der Waals surface area (Å²) in [4.78, 5) is 29.1. The van der Waals surface area contributed by atoms with Crippen LogP contribution in [0.5, 0.6) is 11.5 Å². The number of benzene rings is 1. The van der Waals surface area contributed by atoms with Crippen LogP contribution in [0, 0.1) is 0 Å². The summed E-state index contributed by atoms with van der Waals surface area (Å²) < 4.78 is 10.6. The average Bonchev–Trinajstić information content (AvgIpc) is 2.86. The molecular weight excluding hydrogens is 274 g/mol. The van der Waals surface area contributed by atoms with Gasteiger partial charge in [-0.25, -0.2) is 4.79 Å². The number of fused-ring (bicyclic) bond motifs is 1. The lowest BCUT2D eigenvalue weighted by Crippen LogP contribution is -2.18. The third-order valence-electron chi connectivity index (χ3n) is 2.82. The number of aromatic amines is 1. The van der Waals surface area contributed by atoms with Crippen molar-refractivity contribution in [2.24, 2.45) is 0 Å². The van der Waals surface area contributed by atoms with Gasteiger partial charge in [0.15, 0.2) is 5.58 Å². The third-order valence-corrected chi connectivity index (χ3v) is 2.82. The van der Waals surface area contributed by atoms with Crippen LogP contribution >= 0.6 is 0 Å². The molecule has 106 valence electrons. The Morgan fingerprint density at radius 2 is 2.10 bits per heavy atom. The molecule has 1 amide bonds. The second-order valence-corrected chi connectivity index (χ2v) is 4.23. The first-order valence-corrected chi connectivity index (χ1v) is 6.14. The van der Waals surface area contributed by atoms with Crippen molar-refractivity contribution in [1.82, 2.24) is 15.3 Å². The zero-order chi connectivity index (χ0) is 14.8. The fraction of sp³-hybridized carbons (Fsp3) is 0.0714. The van der Waals surface area contributed by atoms with Crippen molar-refractivity contribution in [3.05, 3.63) is 52.8 Å². The van der Waals surface area contributed by atoms with E-state index in [-0.39, 0.29) is 11.6 Å². The molecular formula is C14H11N3O4. The Hall–Kier alpha value is -3.09. The third kappa shape index (κ3) is 2.62. The second kappa shape index (κ2) is 5.12. The molecule has 2 heterocycles. The molecule has 2 aromatic heterocycles. The monoisotopic (exact) mass is 285 g/mol. The molecule has 0 bridgehead atoms. The molecule has 7 heteroatoms. The number of carbonyl (C=O) groups excluding carboxylic acids is 1. The zero-order valence-electron chi connectivity index (χ0n) is 11.0. The van der Waals surface area contributed by atoms with E-state index in [1.54, 1.807) is 24.3 Å². The highest BCUT2D eigenvalue weighted by Crippen LogP contribution is 2.24. The summed E-state index contributed by atoms with van der Waals surface area (Å²) >= 11 is 0. The Bertz CT molecular complexity index is 866. The van der Waals surface area contributed by atoms with Crippen molar-refractivity contribution >= 4 is 17.0 Å². The van der Waals surface area contributed by atoms with Crippen LogP contribution in [0.3, 0.4) is 0 Å². The number of hydrogen-bond acceptors (Lipinski definition) is 5. The van der Waals surface area contributed by atoms with E-state index in [1.807, 2.05) is 0 Å². The van der Waals surface area contributed by atoms with Crippen molar-refractivity contribution in [3.8, 4) is 11.5 Å². The van der Waals surface area contributed by atoms with Gasteiger partial charge in [-0.3, -0.25) is 14.8 Å². The first-order chi connectivity index (χ1) is 10.2. The summed E-state index contributed by atoms with van der Waals surface area (Å²) in [5.41, 5.74) is 1.25. The molecule has 2 N–H and O–H groups in total. The number of amides is 1. The van der Waals surface area contributed by atoms with Crippen LogP contribution in [0.15, 0.2) is 45.7 Å². The van der Waals surface area contributed by atoms with Crippen LogP contribution < -0.4 is 15.8 Å². The van der Waals surface area contributed by atoms with Gasteiger partial charge in [0, 0.05) is 25.4 Å². The maximum absolute atomic E-state index is 11.5. The lowest BCUT2D eigenvalue weighted by molar-refractivity contribution is 0.0958. The molecule has 0 aliphatic rings. The van der Waals surface area contributed by atoms with Gasteiger partial charge < -0.3 is 14.5 Å². The van der Waals surface area contributed by atoms with E-state index in [1.165, 1.54) is 19.3 Å². The van der Waals surface area contributed by atoms with Crippen LogP contribution in [0.2, 0.25) is 0 Å². The lowest BCUT2D eigenvalue weighted by atomic mass is 10.3. The molecule has 7 nitrogen and oxygen atoms in total. The predicted octanol–water partition coefficient (Wildman–Crippen LogP) is 1.67. The topological polar surface area (TPSA) is 97.2 Å². The quantitative estimate of drug-likeness (QED) is 0.762. The molecule has 0 aliphatic heterocycles. The summed E-state index contributed by atoms with van der Waals surface area (Å²) in [6.45, 7) is 0. The van der Waals surface area contributed by atoms with Crippen molar-refractivity contribution < 1.29 is 13.9 Å². The number of nitrogens with zero attached hydrogens (tertiary/aromatic N) is 1. The molecule has 21 heavy (non-hydrogen) atoms. The van der Waals surface area contributed by atoms with Gasteiger partial charge in [0.05, 0.1) is 5.52 Å². The molecule has 0 spiro atoms. The van der Waals surface area contributed by atoms with E-state index in [0.717, 1.165) is 0 Å². The lowest BCUT2D eigenvalue weighted by Gasteiger charge is -2.06. The normalized spacial score (nSPS) is 10.5.